The molecule has 0 bridgehead atoms. The van der Waals surface area contributed by atoms with Crippen molar-refractivity contribution in [1.29, 1.82) is 0 Å². The summed E-state index contributed by atoms with van der Waals surface area (Å²) in [6, 6.07) is 7.55. The lowest BCUT2D eigenvalue weighted by atomic mass is 9.90. The molecule has 1 unspecified atom stereocenters. The molecule has 1 aromatic carbocycles. The Bertz CT molecular complexity index is 399. The van der Waals surface area contributed by atoms with Gasteiger partial charge in [0.1, 0.15) is 5.82 Å². The normalized spacial score (nSPS) is 21.3. The van der Waals surface area contributed by atoms with Crippen molar-refractivity contribution < 1.29 is 4.39 Å². The molecule has 1 heterocycles. The zero-order chi connectivity index (χ0) is 13.8. The van der Waals surface area contributed by atoms with E-state index in [2.05, 4.69) is 24.2 Å². The molecule has 1 fully saturated rings. The smallest absolute Gasteiger partial charge is 0.127 e. The van der Waals surface area contributed by atoms with Gasteiger partial charge >= 0.3 is 0 Å². The first-order chi connectivity index (χ1) is 9.08. The summed E-state index contributed by atoms with van der Waals surface area (Å²) >= 11 is 0. The van der Waals surface area contributed by atoms with Gasteiger partial charge in [-0.25, -0.2) is 4.39 Å². The Hall–Kier alpha value is -0.930. The van der Waals surface area contributed by atoms with Crippen molar-refractivity contribution in [2.24, 2.45) is 5.92 Å². The average Bonchev–Trinajstić information content (AvgIpc) is 2.39. The Kier molecular flexibility index (Phi) is 4.94. The third kappa shape index (κ3) is 3.77. The maximum atomic E-state index is 13.7. The summed E-state index contributed by atoms with van der Waals surface area (Å²) < 4.78 is 13.7. The third-order valence-corrected chi connectivity index (χ3v) is 4.35. The SMILES string of the molecule is CC(N[C@H](C)c1ccccc1F)C1CCN(C)CC1. The first-order valence-corrected chi connectivity index (χ1v) is 7.27. The van der Waals surface area contributed by atoms with Crippen LogP contribution >= 0.6 is 0 Å². The molecule has 1 N–H and O–H groups in total. The molecule has 1 aliphatic rings. The molecular weight excluding hydrogens is 239 g/mol. The van der Waals surface area contributed by atoms with Crippen LogP contribution < -0.4 is 5.32 Å². The van der Waals surface area contributed by atoms with Crippen LogP contribution in [0.4, 0.5) is 4.39 Å². The molecule has 0 amide bonds. The Morgan fingerprint density at radius 2 is 1.84 bits per heavy atom. The van der Waals surface area contributed by atoms with Gasteiger partial charge in [-0.2, -0.15) is 0 Å². The quantitative estimate of drug-likeness (QED) is 0.898. The summed E-state index contributed by atoms with van der Waals surface area (Å²) in [4.78, 5) is 2.38. The monoisotopic (exact) mass is 264 g/mol. The topological polar surface area (TPSA) is 15.3 Å². The maximum Gasteiger partial charge on any atom is 0.127 e. The molecule has 2 nitrogen and oxygen atoms in total. The maximum absolute atomic E-state index is 13.7. The molecule has 19 heavy (non-hydrogen) atoms. The van der Waals surface area contributed by atoms with Gasteiger partial charge in [0.2, 0.25) is 0 Å². The molecule has 2 rings (SSSR count). The lowest BCUT2D eigenvalue weighted by Crippen LogP contribution is -2.41. The van der Waals surface area contributed by atoms with Crippen molar-refractivity contribution in [2.75, 3.05) is 20.1 Å². The second kappa shape index (κ2) is 6.49. The Morgan fingerprint density at radius 1 is 1.21 bits per heavy atom. The van der Waals surface area contributed by atoms with Crippen LogP contribution in [0.2, 0.25) is 0 Å². The molecule has 0 radical (unpaired) electrons. The highest BCUT2D eigenvalue weighted by Gasteiger charge is 2.23. The lowest BCUT2D eigenvalue weighted by Gasteiger charge is -2.34. The largest absolute Gasteiger partial charge is 0.307 e. The van der Waals surface area contributed by atoms with Crippen molar-refractivity contribution in [3.05, 3.63) is 35.6 Å². The summed E-state index contributed by atoms with van der Waals surface area (Å²) in [6.07, 6.45) is 2.46. The first kappa shape index (κ1) is 14.5. The Labute approximate surface area is 116 Å². The minimum atomic E-state index is -0.113. The number of nitrogens with zero attached hydrogens (tertiary/aromatic N) is 1. The van der Waals surface area contributed by atoms with Crippen LogP contribution in [0.5, 0.6) is 0 Å². The third-order valence-electron chi connectivity index (χ3n) is 4.35. The van der Waals surface area contributed by atoms with Gasteiger partial charge < -0.3 is 10.2 Å². The molecule has 0 aliphatic carbocycles. The fraction of sp³-hybridized carbons (Fsp3) is 0.625. The second-order valence-electron chi connectivity index (χ2n) is 5.84. The standard InChI is InChI=1S/C16H25FN2/c1-12(14-8-10-19(3)11-9-14)18-13(2)15-6-4-5-7-16(15)17/h4-7,12-14,18H,8-11H2,1-3H3/t12?,13-/m1/s1. The number of nitrogens with one attached hydrogen (secondary N) is 1. The fourth-order valence-electron chi connectivity index (χ4n) is 2.98. The molecule has 1 aromatic rings. The van der Waals surface area contributed by atoms with Crippen molar-refractivity contribution in [3.63, 3.8) is 0 Å². The van der Waals surface area contributed by atoms with Crippen LogP contribution in [0.3, 0.4) is 0 Å². The average molecular weight is 264 g/mol. The van der Waals surface area contributed by atoms with Crippen LogP contribution in [0.15, 0.2) is 24.3 Å². The predicted molar refractivity (Wildman–Crippen MR) is 77.6 cm³/mol. The molecule has 1 saturated heterocycles. The number of hydrogen-bond donors (Lipinski definition) is 1. The molecule has 0 spiro atoms. The van der Waals surface area contributed by atoms with Gasteiger partial charge in [0.05, 0.1) is 0 Å². The minimum Gasteiger partial charge on any atom is -0.307 e. The number of benzene rings is 1. The van der Waals surface area contributed by atoms with E-state index in [1.807, 2.05) is 19.1 Å². The predicted octanol–water partition coefficient (Wildman–Crippen LogP) is 3.21. The Balaban J connectivity index is 1.91. The number of likely N-dealkylation sites (tertiary alicyclic amines) is 1. The summed E-state index contributed by atoms with van der Waals surface area (Å²) in [5.41, 5.74) is 0.766. The zero-order valence-corrected chi connectivity index (χ0v) is 12.2. The first-order valence-electron chi connectivity index (χ1n) is 7.27. The number of piperidine rings is 1. The van der Waals surface area contributed by atoms with E-state index in [1.165, 1.54) is 32.0 Å². The van der Waals surface area contributed by atoms with E-state index in [9.17, 15) is 4.39 Å². The van der Waals surface area contributed by atoms with Gasteiger partial charge in [-0.1, -0.05) is 18.2 Å². The van der Waals surface area contributed by atoms with E-state index in [4.69, 9.17) is 0 Å². The number of hydrogen-bond acceptors (Lipinski definition) is 2. The Morgan fingerprint density at radius 3 is 2.47 bits per heavy atom. The summed E-state index contributed by atoms with van der Waals surface area (Å²) in [5.74, 6) is 0.587. The molecule has 1 aliphatic heterocycles. The molecule has 106 valence electrons. The van der Waals surface area contributed by atoms with E-state index in [-0.39, 0.29) is 11.9 Å². The van der Waals surface area contributed by atoms with Crippen molar-refractivity contribution in [3.8, 4) is 0 Å². The van der Waals surface area contributed by atoms with Gasteiger partial charge in [0, 0.05) is 17.6 Å². The van der Waals surface area contributed by atoms with E-state index in [1.54, 1.807) is 6.07 Å². The van der Waals surface area contributed by atoms with Gasteiger partial charge in [-0.3, -0.25) is 0 Å². The molecule has 0 saturated carbocycles. The molecule has 3 heteroatoms. The fourth-order valence-corrected chi connectivity index (χ4v) is 2.98. The molecule has 0 aromatic heterocycles. The second-order valence-corrected chi connectivity index (χ2v) is 5.84. The van der Waals surface area contributed by atoms with E-state index >= 15 is 0 Å². The van der Waals surface area contributed by atoms with Crippen molar-refractivity contribution >= 4 is 0 Å². The van der Waals surface area contributed by atoms with Crippen molar-refractivity contribution in [2.45, 2.75) is 38.8 Å². The van der Waals surface area contributed by atoms with Crippen molar-refractivity contribution in [1.82, 2.24) is 10.2 Å². The summed E-state index contributed by atoms with van der Waals surface area (Å²) in [7, 11) is 2.18. The van der Waals surface area contributed by atoms with Crippen LogP contribution in [0, 0.1) is 11.7 Å². The highest BCUT2D eigenvalue weighted by Crippen LogP contribution is 2.23. The summed E-state index contributed by atoms with van der Waals surface area (Å²) in [5, 5.41) is 3.56. The van der Waals surface area contributed by atoms with Crippen LogP contribution in [0.25, 0.3) is 0 Å². The van der Waals surface area contributed by atoms with Crippen LogP contribution in [0.1, 0.15) is 38.3 Å². The number of halogens is 1. The highest BCUT2D eigenvalue weighted by molar-refractivity contribution is 5.20. The van der Waals surface area contributed by atoms with E-state index in [0.717, 1.165) is 5.56 Å². The summed E-state index contributed by atoms with van der Waals surface area (Å²) in [6.45, 7) is 6.62. The van der Waals surface area contributed by atoms with Crippen LogP contribution in [-0.4, -0.2) is 31.1 Å². The van der Waals surface area contributed by atoms with Gasteiger partial charge in [0.25, 0.3) is 0 Å². The van der Waals surface area contributed by atoms with E-state index in [0.29, 0.717) is 12.0 Å². The minimum absolute atomic E-state index is 0.0656. The lowest BCUT2D eigenvalue weighted by molar-refractivity contribution is 0.185. The van der Waals surface area contributed by atoms with Crippen LogP contribution in [-0.2, 0) is 0 Å². The highest BCUT2D eigenvalue weighted by atomic mass is 19.1. The van der Waals surface area contributed by atoms with E-state index < -0.39 is 0 Å². The zero-order valence-electron chi connectivity index (χ0n) is 12.2. The molecule has 2 atom stereocenters. The van der Waals surface area contributed by atoms with Gasteiger partial charge in [-0.15, -0.1) is 0 Å². The van der Waals surface area contributed by atoms with Gasteiger partial charge in [-0.05, 0) is 58.8 Å². The van der Waals surface area contributed by atoms with Gasteiger partial charge in [0.15, 0.2) is 0 Å². The molecular formula is C16H25FN2. The number of rotatable bonds is 4.